The molecule has 0 aromatic carbocycles. The fourth-order valence-corrected chi connectivity index (χ4v) is 1.93. The number of anilines is 1. The second-order valence-corrected chi connectivity index (χ2v) is 4.15. The highest BCUT2D eigenvalue weighted by molar-refractivity contribution is 6.18. The van der Waals surface area contributed by atoms with Gasteiger partial charge in [0.2, 0.25) is 0 Å². The average Bonchev–Trinajstić information content (AvgIpc) is 2.64. The molecule has 1 aromatic rings. The van der Waals surface area contributed by atoms with Crippen molar-refractivity contribution >= 4 is 23.5 Å². The van der Waals surface area contributed by atoms with E-state index in [0.717, 1.165) is 24.2 Å². The third kappa shape index (κ3) is 2.70. The maximum Gasteiger partial charge on any atom is 0.412 e. The van der Waals surface area contributed by atoms with Crippen LogP contribution in [-0.4, -0.2) is 34.9 Å². The Balaban J connectivity index is 2.10. The average molecular weight is 259 g/mol. The van der Waals surface area contributed by atoms with Gasteiger partial charge in [0.25, 0.3) is 0 Å². The number of hydrogen-bond acceptors (Lipinski definition) is 4. The summed E-state index contributed by atoms with van der Waals surface area (Å²) >= 11 is 5.44. The molecule has 2 rings (SSSR count). The number of aryl methyl sites for hydroxylation is 1. The summed E-state index contributed by atoms with van der Waals surface area (Å²) in [4.78, 5) is 11.5. The predicted octanol–water partition coefficient (Wildman–Crippen LogP) is 0.853. The quantitative estimate of drug-likeness (QED) is 0.789. The van der Waals surface area contributed by atoms with Crippen molar-refractivity contribution in [3.05, 3.63) is 11.3 Å². The molecule has 17 heavy (non-hydrogen) atoms. The van der Waals surface area contributed by atoms with E-state index < -0.39 is 6.09 Å². The molecule has 0 saturated heterocycles. The Hall–Kier alpha value is -1.27. The number of carbonyl (C=O) groups excluding carboxylic acids is 1. The van der Waals surface area contributed by atoms with Gasteiger partial charge >= 0.3 is 6.09 Å². The highest BCUT2D eigenvalue weighted by Crippen LogP contribution is 2.22. The number of aromatic nitrogens is 2. The van der Waals surface area contributed by atoms with Crippen LogP contribution in [-0.2, 0) is 24.8 Å². The molecule has 0 aliphatic carbocycles. The molecular weight excluding hydrogens is 244 g/mol. The third-order valence-electron chi connectivity index (χ3n) is 2.60. The SMILES string of the molecule is Cn1nc2c(c1NC(=O)OCCCl)CNCC2. The van der Waals surface area contributed by atoms with Crippen molar-refractivity contribution in [2.75, 3.05) is 24.3 Å². The molecule has 94 valence electrons. The van der Waals surface area contributed by atoms with Crippen molar-refractivity contribution in [3.63, 3.8) is 0 Å². The van der Waals surface area contributed by atoms with Crippen molar-refractivity contribution in [3.8, 4) is 0 Å². The Kier molecular flexibility index (Phi) is 3.86. The predicted molar refractivity (Wildman–Crippen MR) is 64.3 cm³/mol. The summed E-state index contributed by atoms with van der Waals surface area (Å²) in [6, 6.07) is 0. The molecule has 1 amide bonds. The van der Waals surface area contributed by atoms with Crippen LogP contribution in [0.15, 0.2) is 0 Å². The van der Waals surface area contributed by atoms with E-state index in [1.165, 1.54) is 0 Å². The van der Waals surface area contributed by atoms with E-state index in [4.69, 9.17) is 16.3 Å². The van der Waals surface area contributed by atoms with E-state index in [9.17, 15) is 4.79 Å². The first-order valence-corrected chi connectivity index (χ1v) is 6.01. The van der Waals surface area contributed by atoms with Gasteiger partial charge in [-0.2, -0.15) is 5.10 Å². The highest BCUT2D eigenvalue weighted by atomic mass is 35.5. The van der Waals surface area contributed by atoms with Crippen molar-refractivity contribution in [1.82, 2.24) is 15.1 Å². The van der Waals surface area contributed by atoms with Crippen LogP contribution in [0, 0.1) is 0 Å². The molecule has 1 aliphatic heterocycles. The van der Waals surface area contributed by atoms with Crippen molar-refractivity contribution in [1.29, 1.82) is 0 Å². The van der Waals surface area contributed by atoms with Gasteiger partial charge in [0.15, 0.2) is 0 Å². The largest absolute Gasteiger partial charge is 0.448 e. The second kappa shape index (κ2) is 5.37. The zero-order chi connectivity index (χ0) is 12.3. The van der Waals surface area contributed by atoms with Gasteiger partial charge in [0.05, 0.1) is 11.6 Å². The molecule has 0 bridgehead atoms. The van der Waals surface area contributed by atoms with E-state index in [2.05, 4.69) is 15.7 Å². The van der Waals surface area contributed by atoms with Crippen LogP contribution in [0.25, 0.3) is 0 Å². The summed E-state index contributed by atoms with van der Waals surface area (Å²) in [6.45, 7) is 1.83. The van der Waals surface area contributed by atoms with Gasteiger partial charge in [-0.15, -0.1) is 11.6 Å². The molecule has 0 fully saturated rings. The first-order chi connectivity index (χ1) is 8.22. The lowest BCUT2D eigenvalue weighted by Crippen LogP contribution is -2.24. The van der Waals surface area contributed by atoms with Crippen LogP contribution in [0.2, 0.25) is 0 Å². The summed E-state index contributed by atoms with van der Waals surface area (Å²) in [5.41, 5.74) is 2.06. The number of ether oxygens (including phenoxy) is 1. The van der Waals surface area contributed by atoms with Crippen LogP contribution < -0.4 is 10.6 Å². The van der Waals surface area contributed by atoms with E-state index in [1.807, 2.05) is 0 Å². The van der Waals surface area contributed by atoms with E-state index in [-0.39, 0.29) is 6.61 Å². The maximum atomic E-state index is 11.5. The summed E-state index contributed by atoms with van der Waals surface area (Å²) in [5.74, 6) is 0.977. The number of fused-ring (bicyclic) bond motifs is 1. The Morgan fingerprint density at radius 1 is 1.71 bits per heavy atom. The Morgan fingerprint density at radius 3 is 3.29 bits per heavy atom. The number of halogens is 1. The molecule has 6 nitrogen and oxygen atoms in total. The number of nitrogens with zero attached hydrogens (tertiary/aromatic N) is 2. The topological polar surface area (TPSA) is 68.2 Å². The molecule has 7 heteroatoms. The molecule has 1 aliphatic rings. The minimum atomic E-state index is -0.498. The summed E-state index contributed by atoms with van der Waals surface area (Å²) in [7, 11) is 1.80. The van der Waals surface area contributed by atoms with Gasteiger partial charge in [-0.05, 0) is 0 Å². The summed E-state index contributed by atoms with van der Waals surface area (Å²) in [6.07, 6.45) is 0.378. The van der Waals surface area contributed by atoms with Crippen LogP contribution in [0.1, 0.15) is 11.3 Å². The zero-order valence-corrected chi connectivity index (χ0v) is 10.4. The van der Waals surface area contributed by atoms with E-state index in [1.54, 1.807) is 11.7 Å². The fraction of sp³-hybridized carbons (Fsp3) is 0.600. The Bertz CT molecular complexity index is 419. The number of amides is 1. The van der Waals surface area contributed by atoms with Crippen LogP contribution >= 0.6 is 11.6 Å². The second-order valence-electron chi connectivity index (χ2n) is 3.77. The molecule has 1 aromatic heterocycles. The number of hydrogen-bond donors (Lipinski definition) is 2. The van der Waals surface area contributed by atoms with Crippen molar-refractivity contribution < 1.29 is 9.53 Å². The van der Waals surface area contributed by atoms with Crippen molar-refractivity contribution in [2.45, 2.75) is 13.0 Å². The number of carbonyl (C=O) groups is 1. The standard InChI is InChI=1S/C10H15ClN4O2/c1-15-9(13-10(16)17-5-3-11)7-6-12-4-2-8(7)14-15/h12H,2-6H2,1H3,(H,13,16). The fourth-order valence-electron chi connectivity index (χ4n) is 1.85. The molecule has 0 unspecified atom stereocenters. The molecule has 2 heterocycles. The third-order valence-corrected chi connectivity index (χ3v) is 2.75. The zero-order valence-electron chi connectivity index (χ0n) is 9.62. The van der Waals surface area contributed by atoms with Crippen LogP contribution in [0.4, 0.5) is 10.6 Å². The molecule has 0 radical (unpaired) electrons. The maximum absolute atomic E-state index is 11.5. The minimum absolute atomic E-state index is 0.200. The van der Waals surface area contributed by atoms with E-state index in [0.29, 0.717) is 18.2 Å². The summed E-state index contributed by atoms with van der Waals surface area (Å²) in [5, 5.41) is 10.3. The Morgan fingerprint density at radius 2 is 2.53 bits per heavy atom. The summed E-state index contributed by atoms with van der Waals surface area (Å²) < 4.78 is 6.53. The monoisotopic (exact) mass is 258 g/mol. The Labute approximate surface area is 104 Å². The number of nitrogens with one attached hydrogen (secondary N) is 2. The molecule has 0 spiro atoms. The smallest absolute Gasteiger partial charge is 0.412 e. The molecule has 0 atom stereocenters. The lowest BCUT2D eigenvalue weighted by Gasteiger charge is -2.13. The van der Waals surface area contributed by atoms with Gasteiger partial charge in [0.1, 0.15) is 12.4 Å². The van der Waals surface area contributed by atoms with Gasteiger partial charge in [0, 0.05) is 32.1 Å². The molecular formula is C10H15ClN4O2. The highest BCUT2D eigenvalue weighted by Gasteiger charge is 2.20. The lowest BCUT2D eigenvalue weighted by atomic mass is 10.1. The number of alkyl halides is 1. The molecule has 0 saturated carbocycles. The van der Waals surface area contributed by atoms with Gasteiger partial charge < -0.3 is 10.1 Å². The van der Waals surface area contributed by atoms with Crippen molar-refractivity contribution in [2.24, 2.45) is 7.05 Å². The molecule has 2 N–H and O–H groups in total. The first-order valence-electron chi connectivity index (χ1n) is 5.47. The van der Waals surface area contributed by atoms with Crippen LogP contribution in [0.5, 0.6) is 0 Å². The number of rotatable bonds is 3. The van der Waals surface area contributed by atoms with Gasteiger partial charge in [-0.25, -0.2) is 4.79 Å². The lowest BCUT2D eigenvalue weighted by molar-refractivity contribution is 0.168. The van der Waals surface area contributed by atoms with Gasteiger partial charge in [-0.1, -0.05) is 0 Å². The first kappa shape index (κ1) is 12.2. The van der Waals surface area contributed by atoms with Crippen LogP contribution in [0.3, 0.4) is 0 Å². The van der Waals surface area contributed by atoms with E-state index >= 15 is 0 Å². The van der Waals surface area contributed by atoms with Gasteiger partial charge in [-0.3, -0.25) is 10.00 Å². The normalized spacial score (nSPS) is 14.2. The minimum Gasteiger partial charge on any atom is -0.448 e.